The molecule has 29 heavy (non-hydrogen) atoms. The van der Waals surface area contributed by atoms with Gasteiger partial charge in [-0.25, -0.2) is 27.7 Å². The number of sulfonamides is 1. The normalized spacial score (nSPS) is 16.0. The molecule has 0 saturated carbocycles. The van der Waals surface area contributed by atoms with E-state index in [-0.39, 0.29) is 11.8 Å². The topological polar surface area (TPSA) is 122 Å². The lowest BCUT2D eigenvalue weighted by atomic mass is 9.97. The number of amides is 1. The van der Waals surface area contributed by atoms with Crippen LogP contribution in [0.2, 0.25) is 0 Å². The van der Waals surface area contributed by atoms with Crippen LogP contribution in [-0.4, -0.2) is 70.6 Å². The quantitative estimate of drug-likeness (QED) is 0.624. The summed E-state index contributed by atoms with van der Waals surface area (Å²) in [7, 11) is -3.18. The van der Waals surface area contributed by atoms with Crippen molar-refractivity contribution < 1.29 is 13.2 Å². The standard InChI is InChI=1S/C18H27N7O3S/c1-13-22-16(12-17(23-13)25-11-8-19-14(25)2)20-6-7-21-18(26)15-4-9-24(10-5-15)29(3,27)28/h8,11-12,15H,4-7,9-10H2,1-3H3,(H,21,26)(H,20,22,23). The summed E-state index contributed by atoms with van der Waals surface area (Å²) in [6.07, 6.45) is 5.86. The van der Waals surface area contributed by atoms with Gasteiger partial charge in [0.1, 0.15) is 23.3 Å². The Labute approximate surface area is 170 Å². The van der Waals surface area contributed by atoms with Gasteiger partial charge in [0, 0.05) is 50.6 Å². The van der Waals surface area contributed by atoms with Crippen molar-refractivity contribution in [1.82, 2.24) is 29.1 Å². The van der Waals surface area contributed by atoms with E-state index in [1.807, 2.05) is 30.7 Å². The van der Waals surface area contributed by atoms with Crippen molar-refractivity contribution >= 4 is 21.7 Å². The molecule has 0 spiro atoms. The smallest absolute Gasteiger partial charge is 0.223 e. The molecule has 0 unspecified atom stereocenters. The van der Waals surface area contributed by atoms with Gasteiger partial charge in [-0.15, -0.1) is 0 Å². The Balaban J connectivity index is 1.47. The van der Waals surface area contributed by atoms with E-state index in [1.54, 1.807) is 6.20 Å². The summed E-state index contributed by atoms with van der Waals surface area (Å²) in [5.74, 6) is 2.70. The van der Waals surface area contributed by atoms with Crippen LogP contribution in [0.5, 0.6) is 0 Å². The lowest BCUT2D eigenvalue weighted by Crippen LogP contribution is -2.43. The van der Waals surface area contributed by atoms with E-state index in [0.717, 1.165) is 11.6 Å². The third kappa shape index (κ3) is 5.51. The minimum Gasteiger partial charge on any atom is -0.368 e. The molecule has 0 aromatic carbocycles. The van der Waals surface area contributed by atoms with Crippen molar-refractivity contribution in [2.75, 3.05) is 37.8 Å². The van der Waals surface area contributed by atoms with Crippen LogP contribution < -0.4 is 10.6 Å². The van der Waals surface area contributed by atoms with Crippen molar-refractivity contribution in [1.29, 1.82) is 0 Å². The van der Waals surface area contributed by atoms with Crippen LogP contribution in [-0.2, 0) is 14.8 Å². The minimum absolute atomic E-state index is 0.0338. The van der Waals surface area contributed by atoms with Crippen LogP contribution in [0.4, 0.5) is 5.82 Å². The first-order valence-electron chi connectivity index (χ1n) is 9.57. The van der Waals surface area contributed by atoms with Crippen LogP contribution in [0, 0.1) is 19.8 Å². The number of aryl methyl sites for hydroxylation is 2. The highest BCUT2D eigenvalue weighted by molar-refractivity contribution is 7.88. The first-order chi connectivity index (χ1) is 13.7. The van der Waals surface area contributed by atoms with Crippen molar-refractivity contribution in [2.45, 2.75) is 26.7 Å². The van der Waals surface area contributed by atoms with E-state index in [0.29, 0.717) is 50.7 Å². The average molecular weight is 422 g/mol. The summed E-state index contributed by atoms with van der Waals surface area (Å²) < 4.78 is 26.4. The molecule has 2 N–H and O–H groups in total. The molecule has 2 aromatic rings. The number of nitrogens with zero attached hydrogens (tertiary/aromatic N) is 5. The second-order valence-corrected chi connectivity index (χ2v) is 9.14. The maximum atomic E-state index is 12.3. The molecule has 0 bridgehead atoms. The van der Waals surface area contributed by atoms with Gasteiger partial charge in [-0.3, -0.25) is 9.36 Å². The minimum atomic E-state index is -3.18. The number of piperidine rings is 1. The third-order valence-electron chi connectivity index (χ3n) is 4.92. The molecule has 0 aliphatic carbocycles. The number of hydrogen-bond donors (Lipinski definition) is 2. The van der Waals surface area contributed by atoms with Gasteiger partial charge in [-0.05, 0) is 26.7 Å². The van der Waals surface area contributed by atoms with Gasteiger partial charge < -0.3 is 10.6 Å². The highest BCUT2D eigenvalue weighted by Crippen LogP contribution is 2.19. The van der Waals surface area contributed by atoms with Crippen molar-refractivity contribution in [3.63, 3.8) is 0 Å². The van der Waals surface area contributed by atoms with Gasteiger partial charge in [0.25, 0.3) is 0 Å². The van der Waals surface area contributed by atoms with Gasteiger partial charge in [0.05, 0.1) is 6.26 Å². The van der Waals surface area contributed by atoms with Gasteiger partial charge in [0.2, 0.25) is 15.9 Å². The molecule has 11 heteroatoms. The molecule has 2 aromatic heterocycles. The molecule has 10 nitrogen and oxygen atoms in total. The Kier molecular flexibility index (Phi) is 6.48. The van der Waals surface area contributed by atoms with E-state index >= 15 is 0 Å². The van der Waals surface area contributed by atoms with Crippen LogP contribution in [0.3, 0.4) is 0 Å². The number of carbonyl (C=O) groups excluding carboxylic acids is 1. The first-order valence-corrected chi connectivity index (χ1v) is 11.4. The Bertz CT molecular complexity index is 966. The van der Waals surface area contributed by atoms with Gasteiger partial charge in [0.15, 0.2) is 0 Å². The molecular weight excluding hydrogens is 394 g/mol. The van der Waals surface area contributed by atoms with E-state index in [1.165, 1.54) is 10.6 Å². The van der Waals surface area contributed by atoms with Crippen LogP contribution in [0.1, 0.15) is 24.5 Å². The molecule has 1 aliphatic heterocycles. The number of nitrogens with one attached hydrogen (secondary N) is 2. The Morgan fingerprint density at radius 3 is 2.55 bits per heavy atom. The van der Waals surface area contributed by atoms with Crippen LogP contribution in [0.15, 0.2) is 18.5 Å². The Morgan fingerprint density at radius 1 is 1.21 bits per heavy atom. The number of hydrogen-bond acceptors (Lipinski definition) is 7. The zero-order chi connectivity index (χ0) is 21.0. The predicted molar refractivity (Wildman–Crippen MR) is 109 cm³/mol. The fourth-order valence-electron chi connectivity index (χ4n) is 3.36. The van der Waals surface area contributed by atoms with Gasteiger partial charge in [-0.1, -0.05) is 0 Å². The van der Waals surface area contributed by atoms with Gasteiger partial charge in [-0.2, -0.15) is 0 Å². The maximum Gasteiger partial charge on any atom is 0.223 e. The summed E-state index contributed by atoms with van der Waals surface area (Å²) >= 11 is 0. The van der Waals surface area contributed by atoms with E-state index in [4.69, 9.17) is 0 Å². The summed E-state index contributed by atoms with van der Waals surface area (Å²) in [6.45, 7) is 5.49. The lowest BCUT2D eigenvalue weighted by molar-refractivity contribution is -0.126. The van der Waals surface area contributed by atoms with Crippen molar-refractivity contribution in [3.8, 4) is 5.82 Å². The van der Waals surface area contributed by atoms with E-state index in [9.17, 15) is 13.2 Å². The molecule has 0 atom stereocenters. The van der Waals surface area contributed by atoms with Crippen LogP contribution in [0.25, 0.3) is 5.82 Å². The summed E-state index contributed by atoms with van der Waals surface area (Å²) in [4.78, 5) is 25.3. The molecular formula is C18H27N7O3S. The second-order valence-electron chi connectivity index (χ2n) is 7.16. The number of imidazole rings is 1. The first kappa shape index (κ1) is 21.2. The SMILES string of the molecule is Cc1nc(NCCNC(=O)C2CCN(S(C)(=O)=O)CC2)cc(-n2ccnc2C)n1. The van der Waals surface area contributed by atoms with Crippen LogP contribution >= 0.6 is 0 Å². The summed E-state index contributed by atoms with van der Waals surface area (Å²) in [6, 6.07) is 1.84. The number of anilines is 1. The molecule has 3 heterocycles. The summed E-state index contributed by atoms with van der Waals surface area (Å²) in [5.41, 5.74) is 0. The van der Waals surface area contributed by atoms with Gasteiger partial charge >= 0.3 is 0 Å². The maximum absolute atomic E-state index is 12.3. The second kappa shape index (κ2) is 8.87. The predicted octanol–water partition coefficient (Wildman–Crippen LogP) is 0.479. The summed E-state index contributed by atoms with van der Waals surface area (Å²) in [5, 5.41) is 6.12. The molecule has 1 saturated heterocycles. The zero-order valence-electron chi connectivity index (χ0n) is 16.9. The third-order valence-corrected chi connectivity index (χ3v) is 6.22. The number of rotatable bonds is 7. The molecule has 158 valence electrons. The average Bonchev–Trinajstić information content (AvgIpc) is 3.10. The number of carbonyl (C=O) groups is 1. The molecule has 1 aliphatic rings. The van der Waals surface area contributed by atoms with Crippen molar-refractivity contribution in [3.05, 3.63) is 30.1 Å². The van der Waals surface area contributed by atoms with E-state index < -0.39 is 10.0 Å². The van der Waals surface area contributed by atoms with E-state index in [2.05, 4.69) is 25.6 Å². The highest BCUT2D eigenvalue weighted by atomic mass is 32.2. The molecule has 0 radical (unpaired) electrons. The zero-order valence-corrected chi connectivity index (χ0v) is 17.7. The highest BCUT2D eigenvalue weighted by Gasteiger charge is 2.28. The molecule has 1 amide bonds. The monoisotopic (exact) mass is 421 g/mol. The Morgan fingerprint density at radius 2 is 1.93 bits per heavy atom. The lowest BCUT2D eigenvalue weighted by Gasteiger charge is -2.29. The fourth-order valence-corrected chi connectivity index (χ4v) is 4.23. The fraction of sp³-hybridized carbons (Fsp3) is 0.556. The van der Waals surface area contributed by atoms with Crippen molar-refractivity contribution in [2.24, 2.45) is 5.92 Å². The molecule has 1 fully saturated rings. The Hall–Kier alpha value is -2.53. The molecule has 3 rings (SSSR count). The largest absolute Gasteiger partial charge is 0.368 e. The number of aromatic nitrogens is 4.